The van der Waals surface area contributed by atoms with Crippen LogP contribution in [0.1, 0.15) is 29.0 Å². The van der Waals surface area contributed by atoms with Gasteiger partial charge in [-0.15, -0.1) is 0 Å². The van der Waals surface area contributed by atoms with Crippen LogP contribution in [0.2, 0.25) is 0 Å². The first-order valence-corrected chi connectivity index (χ1v) is 8.38. The van der Waals surface area contributed by atoms with Crippen LogP contribution >= 0.6 is 0 Å². The zero-order valence-electron chi connectivity index (χ0n) is 13.7. The average Bonchev–Trinajstić information content (AvgIpc) is 3.20. The molecule has 1 saturated carbocycles. The predicted octanol–water partition coefficient (Wildman–Crippen LogP) is 3.42. The molecule has 0 bridgehead atoms. The molecule has 26 heavy (non-hydrogen) atoms. The summed E-state index contributed by atoms with van der Waals surface area (Å²) in [4.78, 5) is 12.5. The van der Waals surface area contributed by atoms with Crippen molar-refractivity contribution in [3.05, 3.63) is 59.2 Å². The second kappa shape index (κ2) is 5.93. The van der Waals surface area contributed by atoms with E-state index in [1.807, 2.05) is 0 Å². The summed E-state index contributed by atoms with van der Waals surface area (Å²) >= 11 is 0. The Labute approximate surface area is 148 Å². The maximum atomic E-state index is 13.1. The highest BCUT2D eigenvalue weighted by atomic mass is 19.4. The quantitative estimate of drug-likeness (QED) is 0.784. The fourth-order valence-electron chi connectivity index (χ4n) is 3.59. The van der Waals surface area contributed by atoms with Gasteiger partial charge >= 0.3 is 6.18 Å². The van der Waals surface area contributed by atoms with Gasteiger partial charge < -0.3 is 15.7 Å². The van der Waals surface area contributed by atoms with Crippen molar-refractivity contribution >= 4 is 11.6 Å². The Morgan fingerprint density at radius 1 is 1.15 bits per heavy atom. The van der Waals surface area contributed by atoms with Crippen LogP contribution in [-0.4, -0.2) is 23.1 Å². The molecule has 0 aromatic heterocycles. The zero-order valence-corrected chi connectivity index (χ0v) is 13.7. The monoisotopic (exact) mass is 362 g/mol. The van der Waals surface area contributed by atoms with Crippen molar-refractivity contribution in [2.24, 2.45) is 0 Å². The molecule has 1 fully saturated rings. The third-order valence-corrected chi connectivity index (χ3v) is 4.99. The molecule has 4 rings (SSSR count). The van der Waals surface area contributed by atoms with Gasteiger partial charge in [0, 0.05) is 29.6 Å². The van der Waals surface area contributed by atoms with Gasteiger partial charge in [0.05, 0.1) is 5.56 Å². The molecule has 1 unspecified atom stereocenters. The van der Waals surface area contributed by atoms with E-state index in [-0.39, 0.29) is 29.2 Å². The maximum absolute atomic E-state index is 13.1. The minimum atomic E-state index is -4.40. The van der Waals surface area contributed by atoms with E-state index < -0.39 is 17.8 Å². The minimum absolute atomic E-state index is 0.133. The third-order valence-electron chi connectivity index (χ3n) is 4.99. The smallest absolute Gasteiger partial charge is 0.416 e. The van der Waals surface area contributed by atoms with Crippen molar-refractivity contribution in [1.29, 1.82) is 0 Å². The Balaban J connectivity index is 1.42. The van der Waals surface area contributed by atoms with Crippen molar-refractivity contribution in [3.63, 3.8) is 0 Å². The fourth-order valence-corrected chi connectivity index (χ4v) is 3.59. The Kier molecular flexibility index (Phi) is 3.82. The number of nitrogens with one attached hydrogen (secondary N) is 2. The van der Waals surface area contributed by atoms with Gasteiger partial charge in [0.1, 0.15) is 11.8 Å². The average molecular weight is 362 g/mol. The molecule has 2 aromatic carbocycles. The van der Waals surface area contributed by atoms with Gasteiger partial charge in [-0.1, -0.05) is 24.3 Å². The van der Waals surface area contributed by atoms with Crippen molar-refractivity contribution in [3.8, 4) is 5.75 Å². The molecule has 3 N–H and O–H groups in total. The van der Waals surface area contributed by atoms with Gasteiger partial charge in [-0.2, -0.15) is 13.2 Å². The van der Waals surface area contributed by atoms with Crippen molar-refractivity contribution in [2.75, 3.05) is 5.32 Å². The Hall–Kier alpha value is -2.70. The zero-order chi connectivity index (χ0) is 18.5. The number of rotatable bonds is 3. The lowest BCUT2D eigenvalue weighted by Gasteiger charge is -2.14. The van der Waals surface area contributed by atoms with Crippen molar-refractivity contribution < 1.29 is 23.1 Å². The molecule has 136 valence electrons. The van der Waals surface area contributed by atoms with Gasteiger partial charge in [-0.05, 0) is 30.2 Å². The summed E-state index contributed by atoms with van der Waals surface area (Å²) in [5, 5.41) is 15.7. The molecule has 0 radical (unpaired) electrons. The van der Waals surface area contributed by atoms with E-state index >= 15 is 0 Å². The van der Waals surface area contributed by atoms with E-state index in [9.17, 15) is 23.1 Å². The molecule has 4 nitrogen and oxygen atoms in total. The number of aromatic hydroxyl groups is 1. The summed E-state index contributed by atoms with van der Waals surface area (Å²) < 4.78 is 39.4. The molecular weight excluding hydrogens is 345 g/mol. The summed E-state index contributed by atoms with van der Waals surface area (Å²) in [5.41, 5.74) is 0.978. The van der Waals surface area contributed by atoms with Crippen LogP contribution in [0.3, 0.4) is 0 Å². The Morgan fingerprint density at radius 3 is 2.65 bits per heavy atom. The molecule has 0 spiro atoms. The molecule has 1 aliphatic heterocycles. The summed E-state index contributed by atoms with van der Waals surface area (Å²) in [5.74, 6) is -0.458. The number of phenolic OH excluding ortho intramolecular Hbond substituents is 1. The highest BCUT2D eigenvalue weighted by Crippen LogP contribution is 2.46. The van der Waals surface area contributed by atoms with Gasteiger partial charge in [-0.3, -0.25) is 4.79 Å². The SMILES string of the molecule is O=C(N[C@@H]1C[C@H]1c1ccccc1C(F)(F)F)C1Cc2c(O)cccc2N1. The fraction of sp³-hybridized carbons (Fsp3) is 0.316. The van der Waals surface area contributed by atoms with Gasteiger partial charge in [-0.25, -0.2) is 0 Å². The second-order valence-electron chi connectivity index (χ2n) is 6.75. The lowest BCUT2D eigenvalue weighted by molar-refractivity contribution is -0.138. The number of benzene rings is 2. The first-order valence-electron chi connectivity index (χ1n) is 8.38. The van der Waals surface area contributed by atoms with Crippen LogP contribution in [0, 0.1) is 0 Å². The molecular formula is C19H17F3N2O2. The number of hydrogen-bond donors (Lipinski definition) is 3. The molecule has 1 amide bonds. The van der Waals surface area contributed by atoms with Crippen LogP contribution in [-0.2, 0) is 17.4 Å². The number of anilines is 1. The Morgan fingerprint density at radius 2 is 1.92 bits per heavy atom. The predicted molar refractivity (Wildman–Crippen MR) is 90.0 cm³/mol. The highest BCUT2D eigenvalue weighted by molar-refractivity contribution is 5.88. The summed E-state index contributed by atoms with van der Waals surface area (Å²) in [7, 11) is 0. The molecule has 3 atom stereocenters. The number of fused-ring (bicyclic) bond motifs is 1. The van der Waals surface area contributed by atoms with Crippen LogP contribution in [0.4, 0.5) is 18.9 Å². The molecule has 2 aliphatic rings. The summed E-state index contributed by atoms with van der Waals surface area (Å²) in [6, 6.07) is 9.70. The van der Waals surface area contributed by atoms with Gasteiger partial charge in [0.2, 0.25) is 5.91 Å². The van der Waals surface area contributed by atoms with Gasteiger partial charge in [0.25, 0.3) is 0 Å². The van der Waals surface area contributed by atoms with Crippen LogP contribution < -0.4 is 10.6 Å². The lowest BCUT2D eigenvalue weighted by atomic mass is 10.0. The summed E-state index contributed by atoms with van der Waals surface area (Å²) in [6.07, 6.45) is -3.56. The Bertz CT molecular complexity index is 866. The summed E-state index contributed by atoms with van der Waals surface area (Å²) in [6.45, 7) is 0. The van der Waals surface area contributed by atoms with E-state index in [1.54, 1.807) is 24.3 Å². The largest absolute Gasteiger partial charge is 0.508 e. The first-order chi connectivity index (χ1) is 12.3. The third kappa shape index (κ3) is 2.98. The number of halogens is 3. The highest BCUT2D eigenvalue weighted by Gasteiger charge is 2.45. The van der Waals surface area contributed by atoms with Crippen LogP contribution in [0.25, 0.3) is 0 Å². The van der Waals surface area contributed by atoms with Crippen LogP contribution in [0.5, 0.6) is 5.75 Å². The maximum Gasteiger partial charge on any atom is 0.416 e. The number of phenols is 1. The van der Waals surface area contributed by atoms with Crippen LogP contribution in [0.15, 0.2) is 42.5 Å². The number of hydrogen-bond acceptors (Lipinski definition) is 3. The topological polar surface area (TPSA) is 61.4 Å². The molecule has 7 heteroatoms. The van der Waals surface area contributed by atoms with E-state index in [4.69, 9.17) is 0 Å². The number of amides is 1. The molecule has 1 heterocycles. The van der Waals surface area contributed by atoms with E-state index in [0.29, 0.717) is 24.1 Å². The standard InChI is InChI=1S/C19H17F3N2O2/c20-19(21,22)13-5-2-1-4-10(13)11-8-15(11)24-18(26)16-9-12-14(23-16)6-3-7-17(12)25/h1-7,11,15-16,23,25H,8-9H2,(H,24,26)/t11-,15+,16?/m0/s1. The number of carbonyl (C=O) groups excluding carboxylic acids is 1. The lowest BCUT2D eigenvalue weighted by Crippen LogP contribution is -2.40. The van der Waals surface area contributed by atoms with Gasteiger partial charge in [0.15, 0.2) is 0 Å². The molecule has 0 saturated heterocycles. The number of alkyl halides is 3. The first kappa shape index (κ1) is 16.8. The number of carbonyl (C=O) groups is 1. The molecule has 1 aliphatic carbocycles. The van der Waals surface area contributed by atoms with E-state index in [2.05, 4.69) is 10.6 Å². The van der Waals surface area contributed by atoms with E-state index in [1.165, 1.54) is 12.1 Å². The minimum Gasteiger partial charge on any atom is -0.508 e. The van der Waals surface area contributed by atoms with E-state index in [0.717, 1.165) is 6.07 Å². The second-order valence-corrected chi connectivity index (χ2v) is 6.75. The van der Waals surface area contributed by atoms with Crippen molar-refractivity contribution in [2.45, 2.75) is 37.0 Å². The van der Waals surface area contributed by atoms with Crippen molar-refractivity contribution in [1.82, 2.24) is 5.32 Å². The normalized spacial score (nSPS) is 23.9. The molecule has 2 aromatic rings.